The highest BCUT2D eigenvalue weighted by Crippen LogP contribution is 2.33. The Morgan fingerprint density at radius 1 is 0.971 bits per heavy atom. The van der Waals surface area contributed by atoms with Crippen LogP contribution in [0, 0.1) is 0 Å². The molecule has 2 fully saturated rings. The number of benzene rings is 1. The van der Waals surface area contributed by atoms with E-state index in [0.29, 0.717) is 53.9 Å². The maximum Gasteiger partial charge on any atom is 0.231 e. The van der Waals surface area contributed by atoms with E-state index in [0.717, 1.165) is 49.1 Å². The smallest absolute Gasteiger partial charge is 0.231 e. The van der Waals surface area contributed by atoms with Crippen molar-refractivity contribution in [2.45, 2.75) is 6.54 Å². The van der Waals surface area contributed by atoms with Crippen LogP contribution in [0.5, 0.6) is 11.5 Å². The van der Waals surface area contributed by atoms with Crippen molar-refractivity contribution in [2.75, 3.05) is 72.7 Å². The summed E-state index contributed by atoms with van der Waals surface area (Å²) in [6.07, 6.45) is 1.55. The first-order valence-corrected chi connectivity index (χ1v) is 12.9. The molecule has 0 atom stereocenters. The molecule has 11 nitrogen and oxygen atoms in total. The summed E-state index contributed by atoms with van der Waals surface area (Å²) in [5.74, 6) is 4.89. The summed E-state index contributed by atoms with van der Waals surface area (Å²) < 4.78 is 22.9. The molecular formula is C22H26N8O3S. The Labute approximate surface area is 200 Å². The van der Waals surface area contributed by atoms with Crippen LogP contribution in [0.3, 0.4) is 0 Å². The lowest BCUT2D eigenvalue weighted by molar-refractivity contribution is 0.174. The van der Waals surface area contributed by atoms with Crippen molar-refractivity contribution in [2.24, 2.45) is 0 Å². The number of hydrogen-bond donors (Lipinski definition) is 2. The van der Waals surface area contributed by atoms with Gasteiger partial charge in [0.05, 0.1) is 13.1 Å². The van der Waals surface area contributed by atoms with Gasteiger partial charge in [-0.3, -0.25) is 0 Å². The summed E-state index contributed by atoms with van der Waals surface area (Å²) in [6.45, 7) is 5.62. The Hall–Kier alpha value is -3.09. The molecule has 3 aliphatic rings. The fourth-order valence-electron chi connectivity index (χ4n) is 4.36. The second-order valence-electron chi connectivity index (χ2n) is 8.38. The lowest BCUT2D eigenvalue weighted by Crippen LogP contribution is -2.45. The SMILES string of the molecule is [O-][S+]1CCN(c2nc(N3CCNCC3)nc3c(NCc4ccc5c(c4)OCO5)ncnc23)CC1. The third-order valence-corrected chi connectivity index (χ3v) is 7.50. The van der Waals surface area contributed by atoms with Crippen molar-refractivity contribution < 1.29 is 14.0 Å². The summed E-state index contributed by atoms with van der Waals surface area (Å²) in [5.41, 5.74) is 2.44. The molecule has 3 aliphatic heterocycles. The summed E-state index contributed by atoms with van der Waals surface area (Å²) in [6, 6.07) is 5.89. The molecular weight excluding hydrogens is 456 g/mol. The van der Waals surface area contributed by atoms with Gasteiger partial charge in [-0.05, 0) is 17.7 Å². The number of nitrogens with zero attached hydrogens (tertiary/aromatic N) is 6. The zero-order valence-electron chi connectivity index (χ0n) is 18.7. The second-order valence-corrected chi connectivity index (χ2v) is 10.1. The van der Waals surface area contributed by atoms with Crippen LogP contribution in [0.1, 0.15) is 5.56 Å². The molecule has 0 bridgehead atoms. The van der Waals surface area contributed by atoms with Crippen LogP contribution < -0.4 is 29.9 Å². The molecule has 3 aromatic rings. The molecule has 1 aromatic carbocycles. The van der Waals surface area contributed by atoms with Gasteiger partial charge in [0.15, 0.2) is 23.1 Å². The Morgan fingerprint density at radius 3 is 2.65 bits per heavy atom. The number of nitrogens with one attached hydrogen (secondary N) is 2. The fourth-order valence-corrected chi connectivity index (χ4v) is 5.42. The molecule has 34 heavy (non-hydrogen) atoms. The number of anilines is 3. The molecule has 0 unspecified atom stereocenters. The zero-order chi connectivity index (χ0) is 22.9. The van der Waals surface area contributed by atoms with Gasteiger partial charge in [-0.25, -0.2) is 15.0 Å². The summed E-state index contributed by atoms with van der Waals surface area (Å²) in [5, 5.41) is 6.80. The highest BCUT2D eigenvalue weighted by molar-refractivity contribution is 7.91. The second kappa shape index (κ2) is 9.28. The molecule has 5 heterocycles. The van der Waals surface area contributed by atoms with Crippen molar-refractivity contribution in [1.82, 2.24) is 25.3 Å². The van der Waals surface area contributed by atoms with Crippen molar-refractivity contribution in [3.05, 3.63) is 30.1 Å². The molecule has 0 spiro atoms. The number of piperazine rings is 1. The first kappa shape index (κ1) is 21.4. The molecule has 178 valence electrons. The summed E-state index contributed by atoms with van der Waals surface area (Å²) in [7, 11) is 0. The standard InChI is InChI=1S/C22H26N8O3S/c31-34-9-7-29(8-10-34)21-19-18(27-22(28-21)30-5-3-23-4-6-30)20(26-13-25-19)24-12-15-1-2-16-17(11-15)33-14-32-16/h1-2,11,13,23H,3-10,12,14H2,(H,24,25,26). The third kappa shape index (κ3) is 4.24. The third-order valence-electron chi connectivity index (χ3n) is 6.23. The molecule has 12 heteroatoms. The van der Waals surface area contributed by atoms with Gasteiger partial charge in [-0.1, -0.05) is 17.2 Å². The van der Waals surface area contributed by atoms with E-state index in [1.807, 2.05) is 18.2 Å². The minimum atomic E-state index is -0.775. The average Bonchev–Trinajstić information content (AvgIpc) is 3.36. The van der Waals surface area contributed by atoms with Gasteiger partial charge in [0.1, 0.15) is 28.9 Å². The molecule has 0 radical (unpaired) electrons. The number of fused-ring (bicyclic) bond motifs is 2. The van der Waals surface area contributed by atoms with Crippen LogP contribution >= 0.6 is 0 Å². The molecule has 0 aliphatic carbocycles. The fraction of sp³-hybridized carbons (Fsp3) is 0.455. The number of ether oxygens (including phenoxy) is 2. The van der Waals surface area contributed by atoms with E-state index in [1.165, 1.54) is 0 Å². The van der Waals surface area contributed by atoms with E-state index in [-0.39, 0.29) is 6.79 Å². The van der Waals surface area contributed by atoms with Crippen LogP contribution in [0.4, 0.5) is 17.6 Å². The maximum absolute atomic E-state index is 11.9. The van der Waals surface area contributed by atoms with Gasteiger partial charge in [0.25, 0.3) is 0 Å². The first-order chi connectivity index (χ1) is 16.7. The Bertz CT molecular complexity index is 1180. The first-order valence-electron chi connectivity index (χ1n) is 11.5. The van der Waals surface area contributed by atoms with E-state index in [2.05, 4.69) is 30.4 Å². The predicted octanol–water partition coefficient (Wildman–Crippen LogP) is 0.739. The topological polar surface area (TPSA) is 124 Å². The quantitative estimate of drug-likeness (QED) is 0.501. The Morgan fingerprint density at radius 2 is 1.79 bits per heavy atom. The molecule has 2 saturated heterocycles. The van der Waals surface area contributed by atoms with E-state index < -0.39 is 11.2 Å². The lowest BCUT2D eigenvalue weighted by atomic mass is 10.2. The molecule has 0 amide bonds. The van der Waals surface area contributed by atoms with Crippen molar-refractivity contribution in [3.8, 4) is 11.5 Å². The summed E-state index contributed by atoms with van der Waals surface area (Å²) in [4.78, 5) is 23.3. The number of rotatable bonds is 5. The van der Waals surface area contributed by atoms with Crippen LogP contribution in [0.25, 0.3) is 11.0 Å². The average molecular weight is 483 g/mol. The van der Waals surface area contributed by atoms with Gasteiger partial charge in [0, 0.05) is 32.7 Å². The van der Waals surface area contributed by atoms with E-state index in [9.17, 15) is 4.55 Å². The number of aromatic nitrogens is 4. The molecule has 2 N–H and O–H groups in total. The van der Waals surface area contributed by atoms with E-state index >= 15 is 0 Å². The van der Waals surface area contributed by atoms with Gasteiger partial charge < -0.3 is 34.5 Å². The minimum absolute atomic E-state index is 0.251. The zero-order valence-corrected chi connectivity index (χ0v) is 19.5. The lowest BCUT2D eigenvalue weighted by Gasteiger charge is -2.32. The number of hydrogen-bond acceptors (Lipinski definition) is 11. The normalized spacial score (nSPS) is 18.5. The molecule has 0 saturated carbocycles. The van der Waals surface area contributed by atoms with Crippen LogP contribution in [-0.2, 0) is 17.7 Å². The molecule has 6 rings (SSSR count). The summed E-state index contributed by atoms with van der Waals surface area (Å²) >= 11 is -0.775. The Kier molecular flexibility index (Phi) is 5.85. The Balaban J connectivity index is 1.35. The predicted molar refractivity (Wildman–Crippen MR) is 130 cm³/mol. The minimum Gasteiger partial charge on any atom is -0.616 e. The molecule has 2 aromatic heterocycles. The van der Waals surface area contributed by atoms with Crippen molar-refractivity contribution in [3.63, 3.8) is 0 Å². The van der Waals surface area contributed by atoms with Gasteiger partial charge in [-0.15, -0.1) is 0 Å². The van der Waals surface area contributed by atoms with E-state index in [4.69, 9.17) is 19.4 Å². The van der Waals surface area contributed by atoms with Gasteiger partial charge in [-0.2, -0.15) is 4.98 Å². The van der Waals surface area contributed by atoms with Gasteiger partial charge in [0.2, 0.25) is 12.7 Å². The van der Waals surface area contributed by atoms with Crippen LogP contribution in [-0.4, -0.2) is 82.1 Å². The van der Waals surface area contributed by atoms with Crippen molar-refractivity contribution >= 4 is 39.8 Å². The van der Waals surface area contributed by atoms with Crippen LogP contribution in [0.15, 0.2) is 24.5 Å². The van der Waals surface area contributed by atoms with Gasteiger partial charge >= 0.3 is 0 Å². The van der Waals surface area contributed by atoms with E-state index in [1.54, 1.807) is 6.33 Å². The monoisotopic (exact) mass is 482 g/mol. The van der Waals surface area contributed by atoms with Crippen molar-refractivity contribution in [1.29, 1.82) is 0 Å². The maximum atomic E-state index is 11.9. The largest absolute Gasteiger partial charge is 0.616 e. The highest BCUT2D eigenvalue weighted by atomic mass is 32.2. The van der Waals surface area contributed by atoms with Crippen LogP contribution in [0.2, 0.25) is 0 Å². The highest BCUT2D eigenvalue weighted by Gasteiger charge is 2.26.